The van der Waals surface area contributed by atoms with Crippen LogP contribution in [0, 0.1) is 30.6 Å². The molecule has 4 unspecified atom stereocenters. The Labute approximate surface area is 146 Å². The molecule has 0 N–H and O–H groups in total. The number of hydrazone groups is 1. The molecule has 6 heteroatoms. The molecular weight excluding hydrogens is 320 g/mol. The SMILES string of the molecule is COc1ccc(C=NN2C(=O)C3C4C=CC(C4)C3C2=O)c(OC)c1C. The van der Waals surface area contributed by atoms with Gasteiger partial charge in [0.2, 0.25) is 0 Å². The van der Waals surface area contributed by atoms with E-state index in [1.165, 1.54) is 6.21 Å². The lowest BCUT2D eigenvalue weighted by Gasteiger charge is -2.13. The maximum absolute atomic E-state index is 12.6. The van der Waals surface area contributed by atoms with E-state index < -0.39 is 0 Å². The molecule has 1 aromatic rings. The number of hydrogen-bond donors (Lipinski definition) is 0. The molecule has 6 nitrogen and oxygen atoms in total. The maximum Gasteiger partial charge on any atom is 0.254 e. The summed E-state index contributed by atoms with van der Waals surface area (Å²) in [6.45, 7) is 1.88. The van der Waals surface area contributed by atoms with Crippen LogP contribution in [-0.2, 0) is 9.59 Å². The van der Waals surface area contributed by atoms with Crippen molar-refractivity contribution in [3.8, 4) is 11.5 Å². The van der Waals surface area contributed by atoms with Gasteiger partial charge in [-0.1, -0.05) is 12.2 Å². The van der Waals surface area contributed by atoms with Gasteiger partial charge in [-0.2, -0.15) is 10.1 Å². The lowest BCUT2D eigenvalue weighted by Crippen LogP contribution is -2.28. The second-order valence-electron chi connectivity index (χ2n) is 6.75. The van der Waals surface area contributed by atoms with Crippen LogP contribution in [0.4, 0.5) is 0 Å². The number of benzene rings is 1. The van der Waals surface area contributed by atoms with E-state index in [1.54, 1.807) is 20.3 Å². The minimum absolute atomic E-state index is 0.185. The quantitative estimate of drug-likeness (QED) is 0.478. The third kappa shape index (κ3) is 2.20. The molecule has 25 heavy (non-hydrogen) atoms. The Morgan fingerprint density at radius 2 is 1.72 bits per heavy atom. The Morgan fingerprint density at radius 1 is 1.08 bits per heavy atom. The van der Waals surface area contributed by atoms with Crippen LogP contribution in [0.25, 0.3) is 0 Å². The van der Waals surface area contributed by atoms with Crippen LogP contribution in [0.15, 0.2) is 29.4 Å². The van der Waals surface area contributed by atoms with Crippen LogP contribution in [0.3, 0.4) is 0 Å². The molecule has 1 saturated carbocycles. The van der Waals surface area contributed by atoms with Crippen molar-refractivity contribution in [1.82, 2.24) is 5.01 Å². The smallest absolute Gasteiger partial charge is 0.254 e. The lowest BCUT2D eigenvalue weighted by atomic mass is 9.85. The third-order valence-corrected chi connectivity index (χ3v) is 5.57. The Kier molecular flexibility index (Phi) is 3.63. The molecule has 2 aliphatic carbocycles. The first kappa shape index (κ1) is 15.9. The second-order valence-corrected chi connectivity index (χ2v) is 6.75. The summed E-state index contributed by atoms with van der Waals surface area (Å²) in [6, 6.07) is 3.61. The molecule has 2 fully saturated rings. The molecule has 0 aromatic heterocycles. The van der Waals surface area contributed by atoms with Gasteiger partial charge in [-0.05, 0) is 37.3 Å². The highest BCUT2D eigenvalue weighted by Gasteiger charge is 2.59. The summed E-state index contributed by atoms with van der Waals surface area (Å²) in [6.07, 6.45) is 6.56. The number of hydrogen-bond acceptors (Lipinski definition) is 5. The summed E-state index contributed by atoms with van der Waals surface area (Å²) in [4.78, 5) is 25.3. The lowest BCUT2D eigenvalue weighted by molar-refractivity contribution is -0.140. The summed E-state index contributed by atoms with van der Waals surface area (Å²) in [5, 5.41) is 5.24. The molecular formula is C19H20N2O4. The van der Waals surface area contributed by atoms with E-state index in [0.29, 0.717) is 17.1 Å². The zero-order valence-corrected chi connectivity index (χ0v) is 14.4. The fourth-order valence-corrected chi connectivity index (χ4v) is 4.41. The Balaban J connectivity index is 1.62. The molecule has 0 spiro atoms. The molecule has 4 atom stereocenters. The molecule has 3 aliphatic rings. The molecule has 1 aliphatic heterocycles. The van der Waals surface area contributed by atoms with Gasteiger partial charge in [0.1, 0.15) is 11.5 Å². The largest absolute Gasteiger partial charge is 0.496 e. The van der Waals surface area contributed by atoms with Crippen LogP contribution in [0.2, 0.25) is 0 Å². The Morgan fingerprint density at radius 3 is 2.28 bits per heavy atom. The molecule has 2 amide bonds. The second kappa shape index (κ2) is 5.72. The average Bonchev–Trinajstić information content (AvgIpc) is 3.28. The first-order chi connectivity index (χ1) is 12.1. The Bertz CT molecular complexity index is 784. The van der Waals surface area contributed by atoms with E-state index in [1.807, 2.05) is 13.0 Å². The Hall–Kier alpha value is -2.63. The van der Waals surface area contributed by atoms with E-state index in [0.717, 1.165) is 17.0 Å². The highest BCUT2D eigenvalue weighted by atomic mass is 16.5. The zero-order valence-electron chi connectivity index (χ0n) is 14.4. The van der Waals surface area contributed by atoms with Crippen LogP contribution in [0.5, 0.6) is 11.5 Å². The van der Waals surface area contributed by atoms with Crippen molar-refractivity contribution in [2.24, 2.45) is 28.8 Å². The summed E-state index contributed by atoms with van der Waals surface area (Å²) in [5.41, 5.74) is 1.53. The van der Waals surface area contributed by atoms with Crippen molar-refractivity contribution >= 4 is 18.0 Å². The normalized spacial score (nSPS) is 29.8. The molecule has 2 bridgehead atoms. The maximum atomic E-state index is 12.6. The zero-order chi connectivity index (χ0) is 17.7. The van der Waals surface area contributed by atoms with E-state index in [2.05, 4.69) is 17.3 Å². The number of carbonyl (C=O) groups excluding carboxylic acids is 2. The van der Waals surface area contributed by atoms with Gasteiger partial charge < -0.3 is 9.47 Å². The van der Waals surface area contributed by atoms with Gasteiger partial charge in [-0.25, -0.2) is 0 Å². The van der Waals surface area contributed by atoms with E-state index >= 15 is 0 Å². The number of carbonyl (C=O) groups is 2. The van der Waals surface area contributed by atoms with E-state index in [9.17, 15) is 9.59 Å². The molecule has 1 saturated heterocycles. The van der Waals surface area contributed by atoms with Crippen LogP contribution in [-0.4, -0.2) is 37.3 Å². The summed E-state index contributed by atoms with van der Waals surface area (Å²) >= 11 is 0. The van der Waals surface area contributed by atoms with Crippen LogP contribution in [0.1, 0.15) is 17.5 Å². The topological polar surface area (TPSA) is 68.2 Å². The predicted molar refractivity (Wildman–Crippen MR) is 91.4 cm³/mol. The van der Waals surface area contributed by atoms with Gasteiger partial charge in [0.15, 0.2) is 0 Å². The fraction of sp³-hybridized carbons (Fsp3) is 0.421. The molecule has 1 heterocycles. The highest BCUT2D eigenvalue weighted by Crippen LogP contribution is 2.52. The number of amides is 2. The van der Waals surface area contributed by atoms with E-state index in [-0.39, 0.29) is 35.5 Å². The molecule has 4 rings (SSSR count). The van der Waals surface area contributed by atoms with Crippen molar-refractivity contribution < 1.29 is 19.1 Å². The summed E-state index contributed by atoms with van der Waals surface area (Å²) < 4.78 is 10.7. The molecule has 1 aromatic carbocycles. The number of imide groups is 1. The fourth-order valence-electron chi connectivity index (χ4n) is 4.41. The van der Waals surface area contributed by atoms with Gasteiger partial charge in [0.25, 0.3) is 11.8 Å². The standard InChI is InChI=1S/C19H20N2O4/c1-10-14(24-2)7-6-13(17(10)25-3)9-20-21-18(22)15-11-4-5-12(8-11)16(15)19(21)23/h4-7,9,11-12,15-16H,8H2,1-3H3. The van der Waals surface area contributed by atoms with Crippen molar-refractivity contribution in [2.45, 2.75) is 13.3 Å². The van der Waals surface area contributed by atoms with Gasteiger partial charge in [-0.3, -0.25) is 9.59 Å². The number of allylic oxidation sites excluding steroid dienone is 2. The predicted octanol–water partition coefficient (Wildman–Crippen LogP) is 2.15. The number of methoxy groups -OCH3 is 2. The minimum Gasteiger partial charge on any atom is -0.496 e. The summed E-state index contributed by atoms with van der Waals surface area (Å²) in [7, 11) is 3.16. The number of nitrogens with zero attached hydrogens (tertiary/aromatic N) is 2. The average molecular weight is 340 g/mol. The molecule has 130 valence electrons. The van der Waals surface area contributed by atoms with Crippen molar-refractivity contribution in [3.63, 3.8) is 0 Å². The van der Waals surface area contributed by atoms with Gasteiger partial charge in [0, 0.05) is 11.1 Å². The van der Waals surface area contributed by atoms with Gasteiger partial charge in [0.05, 0.1) is 32.3 Å². The third-order valence-electron chi connectivity index (χ3n) is 5.57. The van der Waals surface area contributed by atoms with Crippen molar-refractivity contribution in [3.05, 3.63) is 35.4 Å². The monoisotopic (exact) mass is 340 g/mol. The van der Waals surface area contributed by atoms with Crippen molar-refractivity contribution in [1.29, 1.82) is 0 Å². The van der Waals surface area contributed by atoms with Crippen molar-refractivity contribution in [2.75, 3.05) is 14.2 Å². The first-order valence-corrected chi connectivity index (χ1v) is 8.38. The minimum atomic E-state index is -0.237. The van der Waals surface area contributed by atoms with Gasteiger partial charge >= 0.3 is 0 Å². The van der Waals surface area contributed by atoms with Crippen LogP contribution >= 0.6 is 0 Å². The molecule has 0 radical (unpaired) electrons. The number of fused-ring (bicyclic) bond motifs is 5. The number of rotatable bonds is 4. The van der Waals surface area contributed by atoms with E-state index in [4.69, 9.17) is 9.47 Å². The van der Waals surface area contributed by atoms with Gasteiger partial charge in [-0.15, -0.1) is 0 Å². The summed E-state index contributed by atoms with van der Waals surface area (Å²) in [5.74, 6) is 0.843. The highest BCUT2D eigenvalue weighted by molar-refractivity contribution is 6.07. The first-order valence-electron chi connectivity index (χ1n) is 8.38. The van der Waals surface area contributed by atoms with Crippen LogP contribution < -0.4 is 9.47 Å². The number of ether oxygens (including phenoxy) is 2.